The van der Waals surface area contributed by atoms with Gasteiger partial charge in [0.2, 0.25) is 0 Å². The molecule has 0 amide bonds. The van der Waals surface area contributed by atoms with E-state index in [1.54, 1.807) is 0 Å². The van der Waals surface area contributed by atoms with Gasteiger partial charge in [0.05, 0.1) is 10.5 Å². The third-order valence-electron chi connectivity index (χ3n) is 18.0. The summed E-state index contributed by atoms with van der Waals surface area (Å²) in [4.78, 5) is 0. The molecule has 0 aromatic heterocycles. The van der Waals surface area contributed by atoms with Crippen molar-refractivity contribution in [3.63, 3.8) is 0 Å². The highest BCUT2D eigenvalue weighted by Gasteiger charge is 2.62. The van der Waals surface area contributed by atoms with Gasteiger partial charge >= 0.3 is 0 Å². The topological polar surface area (TPSA) is 17.1 Å². The van der Waals surface area contributed by atoms with Crippen LogP contribution in [-0.4, -0.2) is 14.7 Å². The Hall–Kier alpha value is -0.890. The Morgan fingerprint density at radius 2 is 1.07 bits per heavy atom. The highest BCUT2D eigenvalue weighted by Crippen LogP contribution is 2.69. The Bertz CT molecular complexity index is 1220. The highest BCUT2D eigenvalue weighted by molar-refractivity contribution is 7.86. The molecule has 0 heterocycles. The average Bonchev–Trinajstić information content (AvgIpc) is 3.58. The first-order chi connectivity index (χ1) is 22.1. The summed E-state index contributed by atoms with van der Waals surface area (Å²) >= 11 is 0. The van der Waals surface area contributed by atoms with E-state index >= 15 is 4.21 Å². The van der Waals surface area contributed by atoms with E-state index < -0.39 is 10.8 Å². The van der Waals surface area contributed by atoms with Crippen LogP contribution in [0.3, 0.4) is 0 Å². The van der Waals surface area contributed by atoms with Gasteiger partial charge in [-0.15, -0.1) is 13.2 Å². The standard InChI is InChI=1S/C44H66OS/c1-7-39(37-21-19-33-31-17-15-29-13-9-11-25-41(29,3)35(31)23-27-43(33,37)5)46(45)40(8-2)38-22-20-34-32-18-16-30-14-10-12-26-42(30,4)36(32)24-28-44(34,38)6/h7-8,15-16,31-40H,1-2,9-14,17-28H2,3-6H3/t31-,32-,33-,34-,35-,36-,37+,38+,39?,40?,41-,42-,43-,44-,46?/m0/s1. The molecule has 6 fully saturated rings. The highest BCUT2D eigenvalue weighted by atomic mass is 32.2. The third-order valence-corrected chi connectivity index (χ3v) is 20.1. The molecule has 0 spiro atoms. The maximum atomic E-state index is 15.1. The predicted octanol–water partition coefficient (Wildman–Crippen LogP) is 11.8. The maximum Gasteiger partial charge on any atom is 0.0564 e. The first kappa shape index (κ1) is 32.3. The van der Waals surface area contributed by atoms with Crippen LogP contribution in [0.1, 0.15) is 143 Å². The summed E-state index contributed by atoms with van der Waals surface area (Å²) < 4.78 is 15.1. The molecule has 14 atom stereocenters. The zero-order valence-corrected chi connectivity index (χ0v) is 30.9. The van der Waals surface area contributed by atoms with Gasteiger partial charge in [0.25, 0.3) is 0 Å². The average molecular weight is 643 g/mol. The molecule has 0 aliphatic heterocycles. The zero-order chi connectivity index (χ0) is 32.1. The number of fused-ring (bicyclic) bond motifs is 10. The summed E-state index contributed by atoms with van der Waals surface area (Å²) in [6, 6.07) is 0. The molecular formula is C44H66OS. The van der Waals surface area contributed by atoms with Crippen molar-refractivity contribution in [3.8, 4) is 0 Å². The van der Waals surface area contributed by atoms with Gasteiger partial charge in [0.1, 0.15) is 0 Å². The van der Waals surface area contributed by atoms with Crippen LogP contribution in [0.25, 0.3) is 0 Å². The van der Waals surface area contributed by atoms with Crippen molar-refractivity contribution in [1.82, 2.24) is 0 Å². The van der Waals surface area contributed by atoms with E-state index in [1.807, 2.05) is 11.1 Å². The Kier molecular flexibility index (Phi) is 8.14. The number of hydrogen-bond acceptors (Lipinski definition) is 1. The quantitative estimate of drug-likeness (QED) is 0.263. The number of hydrogen-bond donors (Lipinski definition) is 0. The molecule has 2 unspecified atom stereocenters. The van der Waals surface area contributed by atoms with E-state index in [9.17, 15) is 0 Å². The second-order valence-electron chi connectivity index (χ2n) is 19.1. The molecule has 8 rings (SSSR count). The summed E-state index contributed by atoms with van der Waals surface area (Å²) in [7, 11) is -0.967. The van der Waals surface area contributed by atoms with Crippen LogP contribution in [0.2, 0.25) is 0 Å². The first-order valence-corrected chi connectivity index (χ1v) is 21.4. The summed E-state index contributed by atoms with van der Waals surface area (Å²) in [5.41, 5.74) is 5.11. The fourth-order valence-corrected chi connectivity index (χ4v) is 17.9. The minimum Gasteiger partial charge on any atom is -0.258 e. The van der Waals surface area contributed by atoms with E-state index in [0.717, 1.165) is 35.5 Å². The van der Waals surface area contributed by atoms with Crippen LogP contribution >= 0.6 is 0 Å². The number of rotatable bonds is 6. The summed E-state index contributed by atoms with van der Waals surface area (Å²) in [5.74, 6) is 5.94. The molecule has 1 nitrogen and oxygen atoms in total. The molecule has 0 saturated heterocycles. The number of allylic oxidation sites excluding steroid dienone is 4. The molecule has 8 aliphatic rings. The SMILES string of the molecule is C=CC([C@H]1CC[C@H]2[C@@H]3CC=C4CCCC[C@]4(C)[C@H]3CC[C@]12C)S(=O)C(C=C)[C@H]1CC[C@H]2[C@@H]3CC=C4CCCC[C@]4(C)[C@H]3CC[C@]12C. The van der Waals surface area contributed by atoms with E-state index in [4.69, 9.17) is 0 Å². The zero-order valence-electron chi connectivity index (χ0n) is 30.0. The minimum atomic E-state index is -0.967. The summed E-state index contributed by atoms with van der Waals surface area (Å²) in [6.07, 6.45) is 34.1. The minimum absolute atomic E-state index is 0.0924. The molecule has 0 aromatic carbocycles. The van der Waals surface area contributed by atoms with Crippen molar-refractivity contribution in [1.29, 1.82) is 0 Å². The monoisotopic (exact) mass is 642 g/mol. The van der Waals surface area contributed by atoms with E-state index in [1.165, 1.54) is 116 Å². The first-order valence-electron chi connectivity index (χ1n) is 20.1. The Morgan fingerprint density at radius 3 is 1.48 bits per heavy atom. The van der Waals surface area contributed by atoms with Crippen LogP contribution in [0.15, 0.2) is 48.6 Å². The van der Waals surface area contributed by atoms with Crippen molar-refractivity contribution in [2.45, 2.75) is 154 Å². The van der Waals surface area contributed by atoms with Gasteiger partial charge in [-0.25, -0.2) is 0 Å². The molecule has 254 valence electrons. The fourth-order valence-electron chi connectivity index (χ4n) is 15.6. The van der Waals surface area contributed by atoms with Crippen LogP contribution in [-0.2, 0) is 10.8 Å². The molecule has 0 N–H and O–H groups in total. The lowest BCUT2D eigenvalue weighted by Crippen LogP contribution is -2.52. The summed E-state index contributed by atoms with van der Waals surface area (Å²) in [5, 5.41) is 0.185. The third kappa shape index (κ3) is 4.45. The second kappa shape index (κ2) is 11.6. The predicted molar refractivity (Wildman–Crippen MR) is 196 cm³/mol. The van der Waals surface area contributed by atoms with Crippen LogP contribution in [0.4, 0.5) is 0 Å². The lowest BCUT2D eigenvalue weighted by molar-refractivity contribution is -0.0411. The van der Waals surface area contributed by atoms with Gasteiger partial charge < -0.3 is 0 Å². The lowest BCUT2D eigenvalue weighted by Gasteiger charge is -2.58. The Labute approximate surface area is 285 Å². The van der Waals surface area contributed by atoms with Crippen molar-refractivity contribution in [2.24, 2.45) is 69.0 Å². The van der Waals surface area contributed by atoms with Gasteiger partial charge in [-0.2, -0.15) is 0 Å². The summed E-state index contributed by atoms with van der Waals surface area (Å²) in [6.45, 7) is 19.4. The van der Waals surface area contributed by atoms with Crippen molar-refractivity contribution in [2.75, 3.05) is 0 Å². The Balaban J connectivity index is 1.02. The molecule has 0 radical (unpaired) electrons. The van der Waals surface area contributed by atoms with Crippen molar-refractivity contribution in [3.05, 3.63) is 48.6 Å². The molecular weight excluding hydrogens is 577 g/mol. The normalized spacial score (nSPS) is 51.4. The van der Waals surface area contributed by atoms with Crippen molar-refractivity contribution >= 4 is 10.8 Å². The van der Waals surface area contributed by atoms with Gasteiger partial charge in [0.15, 0.2) is 0 Å². The van der Waals surface area contributed by atoms with Crippen LogP contribution in [0.5, 0.6) is 0 Å². The molecule has 6 saturated carbocycles. The van der Waals surface area contributed by atoms with E-state index in [2.05, 4.69) is 65.2 Å². The van der Waals surface area contributed by atoms with Gasteiger partial charge in [-0.05, 0) is 172 Å². The molecule has 0 bridgehead atoms. The van der Waals surface area contributed by atoms with Crippen LogP contribution in [0, 0.1) is 69.0 Å². The molecule has 0 aromatic rings. The Morgan fingerprint density at radius 1 is 0.630 bits per heavy atom. The molecule has 2 heteroatoms. The van der Waals surface area contributed by atoms with E-state index in [-0.39, 0.29) is 10.5 Å². The van der Waals surface area contributed by atoms with Crippen LogP contribution < -0.4 is 0 Å². The second-order valence-corrected chi connectivity index (χ2v) is 20.9. The lowest BCUT2D eigenvalue weighted by atomic mass is 9.47. The van der Waals surface area contributed by atoms with Crippen molar-refractivity contribution < 1.29 is 4.21 Å². The smallest absolute Gasteiger partial charge is 0.0564 e. The van der Waals surface area contributed by atoms with Gasteiger partial charge in [-0.1, -0.05) is 76.0 Å². The van der Waals surface area contributed by atoms with Gasteiger partial charge in [-0.3, -0.25) is 4.21 Å². The maximum absolute atomic E-state index is 15.1. The fraction of sp³-hybridized carbons (Fsp3) is 0.818. The molecule has 46 heavy (non-hydrogen) atoms. The van der Waals surface area contributed by atoms with E-state index in [0.29, 0.717) is 33.5 Å². The largest absolute Gasteiger partial charge is 0.258 e. The van der Waals surface area contributed by atoms with Gasteiger partial charge in [0, 0.05) is 10.8 Å². The molecule has 8 aliphatic carbocycles.